The highest BCUT2D eigenvalue weighted by atomic mass is 19.1. The van der Waals surface area contributed by atoms with Crippen molar-refractivity contribution in [2.45, 2.75) is 45.8 Å². The van der Waals surface area contributed by atoms with Gasteiger partial charge in [-0.3, -0.25) is 4.98 Å². The molecule has 22 heavy (non-hydrogen) atoms. The number of hydrogen-bond acceptors (Lipinski definition) is 4. The van der Waals surface area contributed by atoms with Crippen molar-refractivity contribution < 1.29 is 19.0 Å². The summed E-state index contributed by atoms with van der Waals surface area (Å²) >= 11 is 0. The van der Waals surface area contributed by atoms with Crippen molar-refractivity contribution in [2.75, 3.05) is 13.1 Å². The quantitative estimate of drug-likeness (QED) is 0.932. The Morgan fingerprint density at radius 3 is 2.86 bits per heavy atom. The largest absolute Gasteiger partial charge is 0.447 e. The number of carbonyl (C=O) groups is 1. The lowest BCUT2D eigenvalue weighted by atomic mass is 9.82. The summed E-state index contributed by atoms with van der Waals surface area (Å²) in [6, 6.07) is 1.45. The number of halogens is 1. The second-order valence-corrected chi connectivity index (χ2v) is 6.11. The van der Waals surface area contributed by atoms with E-state index in [-0.39, 0.29) is 29.7 Å². The van der Waals surface area contributed by atoms with Gasteiger partial charge in [0.25, 0.3) is 0 Å². The lowest BCUT2D eigenvalue weighted by molar-refractivity contribution is 0.0605. The molecule has 1 amide bonds. The van der Waals surface area contributed by atoms with Crippen molar-refractivity contribution in [3.8, 4) is 0 Å². The highest BCUT2D eigenvalue weighted by Gasteiger charge is 2.31. The lowest BCUT2D eigenvalue weighted by Crippen LogP contribution is -2.43. The minimum Gasteiger partial charge on any atom is -0.447 e. The fourth-order valence-electron chi connectivity index (χ4n) is 2.88. The van der Waals surface area contributed by atoms with Gasteiger partial charge in [-0.25, -0.2) is 9.18 Å². The van der Waals surface area contributed by atoms with Crippen LogP contribution in [0.3, 0.4) is 0 Å². The monoisotopic (exact) mass is 310 g/mol. The Morgan fingerprint density at radius 2 is 2.32 bits per heavy atom. The molecule has 5 nitrogen and oxygen atoms in total. The van der Waals surface area contributed by atoms with E-state index in [0.29, 0.717) is 13.1 Å². The number of ether oxygens (including phenoxy) is 1. The number of carbonyl (C=O) groups excluding carboxylic acids is 1. The number of amides is 1. The van der Waals surface area contributed by atoms with E-state index in [1.54, 1.807) is 11.1 Å². The van der Waals surface area contributed by atoms with Crippen molar-refractivity contribution >= 4 is 6.09 Å². The average Bonchev–Trinajstić information content (AvgIpc) is 2.46. The van der Waals surface area contributed by atoms with E-state index in [9.17, 15) is 9.18 Å². The smallest absolute Gasteiger partial charge is 0.410 e. The number of aliphatic hydroxyl groups is 1. The first kappa shape index (κ1) is 16.7. The molecule has 122 valence electrons. The molecule has 6 heteroatoms. The van der Waals surface area contributed by atoms with Gasteiger partial charge in [-0.05, 0) is 43.7 Å². The van der Waals surface area contributed by atoms with E-state index in [1.807, 2.05) is 20.8 Å². The molecule has 0 spiro atoms. The zero-order valence-electron chi connectivity index (χ0n) is 13.3. The molecule has 1 aliphatic heterocycles. The van der Waals surface area contributed by atoms with Crippen LogP contribution in [-0.4, -0.2) is 40.3 Å². The Bertz CT molecular complexity index is 536. The van der Waals surface area contributed by atoms with Gasteiger partial charge in [-0.2, -0.15) is 0 Å². The van der Waals surface area contributed by atoms with Crippen LogP contribution in [0.25, 0.3) is 0 Å². The number of rotatable bonds is 3. The number of hydrogen-bond donors (Lipinski definition) is 1. The van der Waals surface area contributed by atoms with Crippen LogP contribution in [0.4, 0.5) is 9.18 Å². The van der Waals surface area contributed by atoms with Gasteiger partial charge in [0.1, 0.15) is 11.5 Å². The average molecular weight is 310 g/mol. The molecule has 2 unspecified atom stereocenters. The van der Waals surface area contributed by atoms with Crippen LogP contribution < -0.4 is 0 Å². The molecule has 1 aromatic heterocycles. The van der Waals surface area contributed by atoms with Crippen LogP contribution >= 0.6 is 0 Å². The Morgan fingerprint density at radius 1 is 1.59 bits per heavy atom. The number of piperidine rings is 1. The molecule has 2 atom stereocenters. The van der Waals surface area contributed by atoms with E-state index in [1.165, 1.54) is 6.07 Å². The van der Waals surface area contributed by atoms with E-state index < -0.39 is 12.4 Å². The Labute approximate surface area is 130 Å². The number of pyridine rings is 1. The van der Waals surface area contributed by atoms with Gasteiger partial charge in [-0.1, -0.05) is 6.92 Å². The molecule has 1 fully saturated rings. The van der Waals surface area contributed by atoms with Crippen molar-refractivity contribution in [2.24, 2.45) is 5.92 Å². The third-order valence-corrected chi connectivity index (χ3v) is 4.02. The highest BCUT2D eigenvalue weighted by Crippen LogP contribution is 2.33. The van der Waals surface area contributed by atoms with E-state index in [4.69, 9.17) is 9.84 Å². The van der Waals surface area contributed by atoms with Gasteiger partial charge >= 0.3 is 6.09 Å². The Hall–Kier alpha value is -1.69. The maximum Gasteiger partial charge on any atom is 0.410 e. The van der Waals surface area contributed by atoms with Gasteiger partial charge in [0.05, 0.1) is 12.7 Å². The SMILES string of the molecule is CC(C)OC(=O)N1CCC(c2cnc(CO)c(F)c2)C(C)C1. The van der Waals surface area contributed by atoms with Crippen LogP contribution in [0, 0.1) is 11.7 Å². The molecular weight excluding hydrogens is 287 g/mol. The fraction of sp³-hybridized carbons (Fsp3) is 0.625. The summed E-state index contributed by atoms with van der Waals surface area (Å²) in [6.07, 6.45) is 1.94. The third kappa shape index (κ3) is 3.74. The number of aromatic nitrogens is 1. The van der Waals surface area contributed by atoms with Crippen LogP contribution in [0.2, 0.25) is 0 Å². The van der Waals surface area contributed by atoms with Crippen molar-refractivity contribution in [1.29, 1.82) is 0 Å². The maximum absolute atomic E-state index is 13.8. The minimum atomic E-state index is -0.478. The first-order valence-electron chi connectivity index (χ1n) is 7.63. The molecule has 1 aromatic rings. The summed E-state index contributed by atoms with van der Waals surface area (Å²) in [5, 5.41) is 8.98. The topological polar surface area (TPSA) is 62.7 Å². The molecule has 0 aromatic carbocycles. The lowest BCUT2D eigenvalue weighted by Gasteiger charge is -2.36. The van der Waals surface area contributed by atoms with E-state index in [2.05, 4.69) is 4.98 Å². The molecular formula is C16H23FN2O3. The third-order valence-electron chi connectivity index (χ3n) is 4.02. The number of aliphatic hydroxyl groups excluding tert-OH is 1. The summed E-state index contributed by atoms with van der Waals surface area (Å²) < 4.78 is 19.0. The summed E-state index contributed by atoms with van der Waals surface area (Å²) in [4.78, 5) is 17.6. The molecule has 0 bridgehead atoms. The summed E-state index contributed by atoms with van der Waals surface area (Å²) in [7, 11) is 0. The van der Waals surface area contributed by atoms with Gasteiger partial charge in [0.15, 0.2) is 0 Å². The number of nitrogens with zero attached hydrogens (tertiary/aromatic N) is 2. The van der Waals surface area contributed by atoms with Crippen molar-refractivity contribution in [1.82, 2.24) is 9.88 Å². The van der Waals surface area contributed by atoms with Crippen LogP contribution in [0.5, 0.6) is 0 Å². The first-order valence-corrected chi connectivity index (χ1v) is 7.63. The predicted octanol–water partition coefficient (Wildman–Crippen LogP) is 2.68. The fourth-order valence-corrected chi connectivity index (χ4v) is 2.88. The molecule has 0 aliphatic carbocycles. The van der Waals surface area contributed by atoms with E-state index in [0.717, 1.165) is 12.0 Å². The van der Waals surface area contributed by atoms with Crippen LogP contribution in [0.1, 0.15) is 44.4 Å². The van der Waals surface area contributed by atoms with Gasteiger partial charge < -0.3 is 14.7 Å². The molecule has 0 radical (unpaired) electrons. The summed E-state index contributed by atoms with van der Waals surface area (Å²) in [5.74, 6) is -0.138. The number of likely N-dealkylation sites (tertiary alicyclic amines) is 1. The molecule has 2 heterocycles. The second-order valence-electron chi connectivity index (χ2n) is 6.11. The predicted molar refractivity (Wildman–Crippen MR) is 79.8 cm³/mol. The first-order chi connectivity index (χ1) is 10.4. The normalized spacial score (nSPS) is 22.0. The standard InChI is InChI=1S/C16H23FN2O3/c1-10(2)22-16(21)19-5-4-13(11(3)8-19)12-6-14(17)15(9-20)18-7-12/h6-7,10-11,13,20H,4-5,8-9H2,1-3H3. The zero-order valence-corrected chi connectivity index (χ0v) is 13.3. The van der Waals surface area contributed by atoms with Gasteiger partial charge in [0.2, 0.25) is 0 Å². The molecule has 1 saturated heterocycles. The van der Waals surface area contributed by atoms with Crippen molar-refractivity contribution in [3.63, 3.8) is 0 Å². The summed E-state index contributed by atoms with van der Waals surface area (Å²) in [5.41, 5.74) is 0.883. The van der Waals surface area contributed by atoms with Crippen LogP contribution in [0.15, 0.2) is 12.3 Å². The molecule has 1 aliphatic rings. The second kappa shape index (κ2) is 7.05. The maximum atomic E-state index is 13.8. The van der Waals surface area contributed by atoms with Crippen LogP contribution in [-0.2, 0) is 11.3 Å². The Balaban J connectivity index is 2.04. The molecule has 2 rings (SSSR count). The molecule has 1 N–H and O–H groups in total. The van der Waals surface area contributed by atoms with Gasteiger partial charge in [-0.15, -0.1) is 0 Å². The zero-order chi connectivity index (χ0) is 16.3. The molecule has 0 saturated carbocycles. The summed E-state index contributed by atoms with van der Waals surface area (Å²) in [6.45, 7) is 6.46. The van der Waals surface area contributed by atoms with Gasteiger partial charge in [0, 0.05) is 19.3 Å². The Kier molecular flexibility index (Phi) is 5.34. The van der Waals surface area contributed by atoms with Crippen molar-refractivity contribution in [3.05, 3.63) is 29.3 Å². The highest BCUT2D eigenvalue weighted by molar-refractivity contribution is 5.68. The van der Waals surface area contributed by atoms with E-state index >= 15 is 0 Å². The minimum absolute atomic E-state index is 0.0642.